The lowest BCUT2D eigenvalue weighted by Gasteiger charge is -2.23. The number of rotatable bonds is 2. The average molecular weight is 233 g/mol. The number of amides is 1. The zero-order chi connectivity index (χ0) is 12.4. The van der Waals surface area contributed by atoms with Crippen LogP contribution in [-0.2, 0) is 4.79 Å². The summed E-state index contributed by atoms with van der Waals surface area (Å²) >= 11 is 0. The van der Waals surface area contributed by atoms with E-state index in [9.17, 15) is 4.79 Å². The molecule has 0 spiro atoms. The van der Waals surface area contributed by atoms with Crippen LogP contribution < -0.4 is 0 Å². The van der Waals surface area contributed by atoms with E-state index in [0.29, 0.717) is 6.42 Å². The summed E-state index contributed by atoms with van der Waals surface area (Å²) in [5, 5.41) is 0. The van der Waals surface area contributed by atoms with Crippen LogP contribution in [0.1, 0.15) is 49.4 Å². The highest BCUT2D eigenvalue weighted by atomic mass is 16.2. The molecule has 0 aromatic carbocycles. The Bertz CT molecular complexity index is 410. The third-order valence-electron chi connectivity index (χ3n) is 3.17. The van der Waals surface area contributed by atoms with Crippen LogP contribution in [0.5, 0.6) is 0 Å². The number of carbonyl (C=O) groups excluding carboxylic acids is 1. The van der Waals surface area contributed by atoms with Crippen molar-refractivity contribution in [3.63, 3.8) is 0 Å². The summed E-state index contributed by atoms with van der Waals surface area (Å²) in [5.41, 5.74) is 1.95. The molecule has 1 amide bonds. The van der Waals surface area contributed by atoms with Crippen molar-refractivity contribution >= 4 is 5.91 Å². The molecule has 4 heteroatoms. The minimum Gasteiger partial charge on any atom is -0.332 e. The molecule has 0 N–H and O–H groups in total. The Labute approximate surface area is 102 Å². The van der Waals surface area contributed by atoms with E-state index in [1.807, 2.05) is 31.7 Å². The molecular weight excluding hydrogens is 214 g/mol. The van der Waals surface area contributed by atoms with E-state index in [0.717, 1.165) is 36.6 Å². The van der Waals surface area contributed by atoms with E-state index in [4.69, 9.17) is 0 Å². The molecular formula is C13H19N3O. The summed E-state index contributed by atoms with van der Waals surface area (Å²) in [6, 6.07) is 2.05. The van der Waals surface area contributed by atoms with Crippen LogP contribution in [0.3, 0.4) is 0 Å². The van der Waals surface area contributed by atoms with Gasteiger partial charge in [0.25, 0.3) is 0 Å². The second-order valence-corrected chi connectivity index (χ2v) is 4.61. The average Bonchev–Trinajstić information content (AvgIpc) is 2.75. The normalized spacial score (nSPS) is 19.7. The molecule has 1 atom stereocenters. The van der Waals surface area contributed by atoms with Crippen LogP contribution in [-0.4, -0.2) is 27.3 Å². The van der Waals surface area contributed by atoms with Gasteiger partial charge in [-0.2, -0.15) is 0 Å². The summed E-state index contributed by atoms with van der Waals surface area (Å²) in [4.78, 5) is 22.7. The smallest absolute Gasteiger partial charge is 0.222 e. The molecule has 2 heterocycles. The van der Waals surface area contributed by atoms with Crippen LogP contribution in [0.4, 0.5) is 0 Å². The lowest BCUT2D eigenvalue weighted by molar-refractivity contribution is -0.131. The monoisotopic (exact) mass is 233 g/mol. The summed E-state index contributed by atoms with van der Waals surface area (Å²) in [5.74, 6) is 1.01. The number of likely N-dealkylation sites (tertiary alicyclic amines) is 1. The van der Waals surface area contributed by atoms with Crippen molar-refractivity contribution in [2.45, 2.75) is 46.1 Å². The Morgan fingerprint density at radius 1 is 1.41 bits per heavy atom. The first-order chi connectivity index (χ1) is 8.11. The number of nitrogens with zero attached hydrogens (tertiary/aromatic N) is 3. The molecule has 92 valence electrons. The molecule has 1 aliphatic heterocycles. The first-order valence-corrected chi connectivity index (χ1v) is 6.23. The topological polar surface area (TPSA) is 46.1 Å². The van der Waals surface area contributed by atoms with Crippen molar-refractivity contribution in [2.75, 3.05) is 6.54 Å². The first kappa shape index (κ1) is 12.0. The van der Waals surface area contributed by atoms with Gasteiger partial charge in [0.15, 0.2) is 5.82 Å². The molecule has 0 saturated carbocycles. The van der Waals surface area contributed by atoms with Gasteiger partial charge in [-0.1, -0.05) is 6.92 Å². The van der Waals surface area contributed by atoms with E-state index in [-0.39, 0.29) is 11.9 Å². The molecule has 1 fully saturated rings. The van der Waals surface area contributed by atoms with Gasteiger partial charge in [0.05, 0.1) is 6.04 Å². The summed E-state index contributed by atoms with van der Waals surface area (Å²) in [6.07, 6.45) is 2.59. The summed E-state index contributed by atoms with van der Waals surface area (Å²) in [7, 11) is 0. The fourth-order valence-electron chi connectivity index (χ4n) is 2.44. The van der Waals surface area contributed by atoms with E-state index >= 15 is 0 Å². The number of carbonyl (C=O) groups is 1. The molecule has 0 aliphatic carbocycles. The number of hydrogen-bond donors (Lipinski definition) is 0. The second-order valence-electron chi connectivity index (χ2n) is 4.61. The molecule has 4 nitrogen and oxygen atoms in total. The Morgan fingerprint density at radius 2 is 2.06 bits per heavy atom. The lowest BCUT2D eigenvalue weighted by atomic mass is 10.2. The lowest BCUT2D eigenvalue weighted by Crippen LogP contribution is -2.31. The Morgan fingerprint density at radius 3 is 2.65 bits per heavy atom. The van der Waals surface area contributed by atoms with E-state index in [1.54, 1.807) is 0 Å². The molecule has 1 aromatic heterocycles. The SMILES string of the molecule is CCC(=O)N1CCCC1c1nc(C)cc(C)n1. The maximum atomic E-state index is 11.8. The maximum Gasteiger partial charge on any atom is 0.222 e. The number of aromatic nitrogens is 2. The van der Waals surface area contributed by atoms with Gasteiger partial charge in [-0.25, -0.2) is 9.97 Å². The molecule has 1 aliphatic rings. The van der Waals surface area contributed by atoms with Gasteiger partial charge < -0.3 is 4.90 Å². The minimum absolute atomic E-state index is 0.0843. The van der Waals surface area contributed by atoms with Gasteiger partial charge >= 0.3 is 0 Å². The van der Waals surface area contributed by atoms with Gasteiger partial charge in [-0.05, 0) is 32.8 Å². The Balaban J connectivity index is 2.28. The molecule has 1 saturated heterocycles. The van der Waals surface area contributed by atoms with Gasteiger partial charge in [0.1, 0.15) is 0 Å². The standard InChI is InChI=1S/C13H19N3O/c1-4-12(17)16-7-5-6-11(16)13-14-9(2)8-10(3)15-13/h8,11H,4-7H2,1-3H3. The summed E-state index contributed by atoms with van der Waals surface area (Å²) < 4.78 is 0. The zero-order valence-electron chi connectivity index (χ0n) is 10.7. The van der Waals surface area contributed by atoms with Crippen molar-refractivity contribution < 1.29 is 4.79 Å². The number of hydrogen-bond acceptors (Lipinski definition) is 3. The highest BCUT2D eigenvalue weighted by molar-refractivity contribution is 5.76. The van der Waals surface area contributed by atoms with Crippen molar-refractivity contribution in [1.29, 1.82) is 0 Å². The zero-order valence-corrected chi connectivity index (χ0v) is 10.7. The van der Waals surface area contributed by atoms with Gasteiger partial charge in [0, 0.05) is 24.4 Å². The van der Waals surface area contributed by atoms with Crippen molar-refractivity contribution in [1.82, 2.24) is 14.9 Å². The Kier molecular flexibility index (Phi) is 3.41. The highest BCUT2D eigenvalue weighted by Crippen LogP contribution is 2.30. The molecule has 2 rings (SSSR count). The quantitative estimate of drug-likeness (QED) is 0.786. The van der Waals surface area contributed by atoms with Crippen LogP contribution in [0, 0.1) is 13.8 Å². The molecule has 17 heavy (non-hydrogen) atoms. The molecule has 0 radical (unpaired) electrons. The second kappa shape index (κ2) is 4.82. The van der Waals surface area contributed by atoms with Crippen LogP contribution in [0.15, 0.2) is 6.07 Å². The molecule has 0 bridgehead atoms. The van der Waals surface area contributed by atoms with Crippen molar-refractivity contribution in [3.8, 4) is 0 Å². The fourth-order valence-corrected chi connectivity index (χ4v) is 2.44. The van der Waals surface area contributed by atoms with Crippen LogP contribution in [0.2, 0.25) is 0 Å². The van der Waals surface area contributed by atoms with Crippen molar-refractivity contribution in [2.24, 2.45) is 0 Å². The van der Waals surface area contributed by atoms with Gasteiger partial charge in [0.2, 0.25) is 5.91 Å². The third-order valence-corrected chi connectivity index (χ3v) is 3.17. The van der Waals surface area contributed by atoms with Gasteiger partial charge in [-0.15, -0.1) is 0 Å². The van der Waals surface area contributed by atoms with Crippen molar-refractivity contribution in [3.05, 3.63) is 23.3 Å². The fraction of sp³-hybridized carbons (Fsp3) is 0.615. The first-order valence-electron chi connectivity index (χ1n) is 6.23. The van der Waals surface area contributed by atoms with E-state index in [1.165, 1.54) is 0 Å². The van der Waals surface area contributed by atoms with Crippen LogP contribution in [0.25, 0.3) is 0 Å². The predicted molar refractivity (Wildman–Crippen MR) is 65.5 cm³/mol. The molecule has 1 aromatic rings. The maximum absolute atomic E-state index is 11.8. The molecule has 1 unspecified atom stereocenters. The predicted octanol–water partition coefficient (Wildman–Crippen LogP) is 2.17. The van der Waals surface area contributed by atoms with E-state index in [2.05, 4.69) is 9.97 Å². The largest absolute Gasteiger partial charge is 0.332 e. The van der Waals surface area contributed by atoms with Gasteiger partial charge in [-0.3, -0.25) is 4.79 Å². The third kappa shape index (κ3) is 2.46. The minimum atomic E-state index is 0.0843. The Hall–Kier alpha value is -1.45. The summed E-state index contributed by atoms with van der Waals surface area (Å²) in [6.45, 7) is 6.69. The van der Waals surface area contributed by atoms with Crippen LogP contribution >= 0.6 is 0 Å². The number of aryl methyl sites for hydroxylation is 2. The highest BCUT2D eigenvalue weighted by Gasteiger charge is 2.31. The van der Waals surface area contributed by atoms with E-state index < -0.39 is 0 Å².